The summed E-state index contributed by atoms with van der Waals surface area (Å²) in [5.74, 6) is -0.244. The lowest BCUT2D eigenvalue weighted by Gasteiger charge is -2.25. The zero-order chi connectivity index (χ0) is 27.7. The number of fused-ring (bicyclic) bond motifs is 1. The van der Waals surface area contributed by atoms with E-state index >= 15 is 0 Å². The molecule has 3 aromatic rings. The number of hydrogen-bond acceptors (Lipinski definition) is 8. The van der Waals surface area contributed by atoms with Crippen LogP contribution < -0.4 is 10.6 Å². The Bertz CT molecular complexity index is 1400. The summed E-state index contributed by atoms with van der Waals surface area (Å²) in [4.78, 5) is 41.2. The smallest absolute Gasteiger partial charge is 0.255 e. The number of aliphatic hydroxyl groups is 2. The number of carbonyl (C=O) groups is 2. The molecule has 4 atom stereocenters. The van der Waals surface area contributed by atoms with Crippen molar-refractivity contribution in [2.45, 2.75) is 63.9 Å². The van der Waals surface area contributed by atoms with Gasteiger partial charge < -0.3 is 25.7 Å². The molecule has 0 saturated heterocycles. The standard InChI is InChI=1S/C28H31ClN6O4/c1-15-4-3-5-23(31-15)24(14-36)33-26(38)16(2)35-13-18-7-6-17(10-21(18)27(35)39)25-22(29)12-30-28(34-25)32-19-8-9-20(37)11-19/h3-7,10,12,16,19-20,24,36-37H,8-9,11,13-14H2,1-2H3,(H,33,38)(H,30,32,34)/t16?,19-,20-,24?/m1/s1. The van der Waals surface area contributed by atoms with Crippen LogP contribution in [0, 0.1) is 6.92 Å². The summed E-state index contributed by atoms with van der Waals surface area (Å²) in [6, 6.07) is 9.47. The summed E-state index contributed by atoms with van der Waals surface area (Å²) in [7, 11) is 0. The quantitative estimate of drug-likeness (QED) is 0.335. The van der Waals surface area contributed by atoms with Crippen molar-refractivity contribution in [1.82, 2.24) is 25.2 Å². The molecule has 2 aromatic heterocycles. The minimum Gasteiger partial charge on any atom is -0.394 e. The minimum atomic E-state index is -0.771. The highest BCUT2D eigenvalue weighted by molar-refractivity contribution is 6.33. The first-order valence-electron chi connectivity index (χ1n) is 13.0. The molecule has 1 saturated carbocycles. The van der Waals surface area contributed by atoms with E-state index in [2.05, 4.69) is 25.6 Å². The summed E-state index contributed by atoms with van der Waals surface area (Å²) in [5.41, 5.74) is 3.76. The Labute approximate surface area is 231 Å². The van der Waals surface area contributed by atoms with Crippen LogP contribution in [0.15, 0.2) is 42.6 Å². The first-order valence-corrected chi connectivity index (χ1v) is 13.4. The minimum absolute atomic E-state index is 0.0870. The Morgan fingerprint density at radius 2 is 2.05 bits per heavy atom. The van der Waals surface area contributed by atoms with E-state index < -0.39 is 12.1 Å². The first-order chi connectivity index (χ1) is 18.7. The van der Waals surface area contributed by atoms with Crippen molar-refractivity contribution in [3.63, 3.8) is 0 Å². The largest absolute Gasteiger partial charge is 0.394 e. The molecule has 4 N–H and O–H groups in total. The Morgan fingerprint density at radius 3 is 2.77 bits per heavy atom. The van der Waals surface area contributed by atoms with Gasteiger partial charge >= 0.3 is 0 Å². The van der Waals surface area contributed by atoms with Crippen molar-refractivity contribution in [2.24, 2.45) is 0 Å². The van der Waals surface area contributed by atoms with Crippen molar-refractivity contribution in [3.8, 4) is 11.3 Å². The zero-order valence-corrected chi connectivity index (χ0v) is 22.5. The van der Waals surface area contributed by atoms with Gasteiger partial charge in [-0.1, -0.05) is 29.8 Å². The Hall–Kier alpha value is -3.60. The van der Waals surface area contributed by atoms with Crippen LogP contribution >= 0.6 is 11.6 Å². The molecule has 1 aliphatic carbocycles. The number of rotatable bonds is 8. The van der Waals surface area contributed by atoms with Gasteiger partial charge in [0.05, 0.1) is 41.4 Å². The van der Waals surface area contributed by atoms with Gasteiger partial charge in [-0.25, -0.2) is 9.97 Å². The second kappa shape index (κ2) is 11.3. The average Bonchev–Trinajstić information content (AvgIpc) is 3.49. The highest BCUT2D eigenvalue weighted by Gasteiger charge is 2.35. The number of aromatic nitrogens is 3. The number of aryl methyl sites for hydroxylation is 1. The van der Waals surface area contributed by atoms with E-state index in [1.54, 1.807) is 19.1 Å². The molecule has 3 heterocycles. The van der Waals surface area contributed by atoms with Crippen LogP contribution in [0.25, 0.3) is 11.3 Å². The number of aliphatic hydroxyl groups excluding tert-OH is 2. The molecule has 2 aliphatic rings. The second-order valence-corrected chi connectivity index (χ2v) is 10.5. The molecule has 0 bridgehead atoms. The molecule has 10 nitrogen and oxygen atoms in total. The Kier molecular flexibility index (Phi) is 7.79. The maximum absolute atomic E-state index is 13.4. The van der Waals surface area contributed by atoms with E-state index in [-0.39, 0.29) is 37.1 Å². The number of hydrogen-bond donors (Lipinski definition) is 4. The van der Waals surface area contributed by atoms with Gasteiger partial charge in [-0.2, -0.15) is 0 Å². The summed E-state index contributed by atoms with van der Waals surface area (Å²) in [6.07, 6.45) is 3.40. The van der Waals surface area contributed by atoms with Crippen LogP contribution in [0.5, 0.6) is 0 Å². The van der Waals surface area contributed by atoms with Gasteiger partial charge in [0.25, 0.3) is 5.91 Å². The monoisotopic (exact) mass is 550 g/mol. The van der Waals surface area contributed by atoms with Crippen molar-refractivity contribution >= 4 is 29.4 Å². The lowest BCUT2D eigenvalue weighted by atomic mass is 10.0. The molecule has 1 aliphatic heterocycles. The third kappa shape index (κ3) is 5.73. The molecule has 1 aromatic carbocycles. The predicted octanol–water partition coefficient (Wildman–Crippen LogP) is 3.02. The van der Waals surface area contributed by atoms with Crippen molar-refractivity contribution in [3.05, 3.63) is 70.1 Å². The molecule has 0 radical (unpaired) electrons. The van der Waals surface area contributed by atoms with E-state index in [1.165, 1.54) is 11.1 Å². The van der Waals surface area contributed by atoms with Gasteiger partial charge in [0.15, 0.2) is 0 Å². The summed E-state index contributed by atoms with van der Waals surface area (Å²) < 4.78 is 0. The van der Waals surface area contributed by atoms with E-state index in [9.17, 15) is 19.8 Å². The third-order valence-corrected chi connectivity index (χ3v) is 7.59. The number of amides is 2. The van der Waals surface area contributed by atoms with Gasteiger partial charge in [0, 0.05) is 29.4 Å². The molecule has 0 spiro atoms. The van der Waals surface area contributed by atoms with E-state index in [0.29, 0.717) is 39.9 Å². The molecular weight excluding hydrogens is 520 g/mol. The van der Waals surface area contributed by atoms with Gasteiger partial charge in [-0.15, -0.1) is 0 Å². The van der Waals surface area contributed by atoms with Crippen LogP contribution in [0.4, 0.5) is 5.95 Å². The van der Waals surface area contributed by atoms with E-state index in [1.807, 2.05) is 31.2 Å². The number of nitrogens with one attached hydrogen (secondary N) is 2. The van der Waals surface area contributed by atoms with Gasteiger partial charge in [0.2, 0.25) is 11.9 Å². The third-order valence-electron chi connectivity index (χ3n) is 7.31. The topological polar surface area (TPSA) is 141 Å². The Morgan fingerprint density at radius 1 is 1.23 bits per heavy atom. The first kappa shape index (κ1) is 27.0. The summed E-state index contributed by atoms with van der Waals surface area (Å²) in [5, 5.41) is 26.1. The fourth-order valence-corrected chi connectivity index (χ4v) is 5.30. The summed E-state index contributed by atoms with van der Waals surface area (Å²) >= 11 is 6.43. The van der Waals surface area contributed by atoms with E-state index in [0.717, 1.165) is 24.1 Å². The van der Waals surface area contributed by atoms with E-state index in [4.69, 9.17) is 11.6 Å². The number of anilines is 1. The second-order valence-electron chi connectivity index (χ2n) is 10.1. The molecular formula is C28H31ClN6O4. The number of halogens is 1. The SMILES string of the molecule is Cc1cccc(C(CO)NC(=O)C(C)N2Cc3ccc(-c4nc(N[C@@H]5CC[C@@H](O)C5)ncc4Cl)cc3C2=O)n1. The Balaban J connectivity index is 1.31. The zero-order valence-electron chi connectivity index (χ0n) is 21.8. The van der Waals surface area contributed by atoms with Crippen LogP contribution in [-0.4, -0.2) is 66.7 Å². The molecule has 1 fully saturated rings. The highest BCUT2D eigenvalue weighted by Crippen LogP contribution is 2.33. The number of pyridine rings is 1. The maximum Gasteiger partial charge on any atom is 0.255 e. The van der Waals surface area contributed by atoms with Crippen molar-refractivity contribution in [2.75, 3.05) is 11.9 Å². The maximum atomic E-state index is 13.4. The van der Waals surface area contributed by atoms with Crippen LogP contribution in [0.3, 0.4) is 0 Å². The number of carbonyl (C=O) groups excluding carboxylic acids is 2. The molecule has 204 valence electrons. The van der Waals surface area contributed by atoms with Crippen molar-refractivity contribution < 1.29 is 19.8 Å². The van der Waals surface area contributed by atoms with Crippen molar-refractivity contribution in [1.29, 1.82) is 0 Å². The molecule has 11 heteroatoms. The fraction of sp³-hybridized carbons (Fsp3) is 0.393. The van der Waals surface area contributed by atoms with Gasteiger partial charge in [-0.05, 0) is 56.9 Å². The molecule has 2 unspecified atom stereocenters. The average molecular weight is 551 g/mol. The summed E-state index contributed by atoms with van der Waals surface area (Å²) in [6.45, 7) is 3.47. The molecule has 5 rings (SSSR count). The lowest BCUT2D eigenvalue weighted by molar-refractivity contribution is -0.126. The highest BCUT2D eigenvalue weighted by atomic mass is 35.5. The number of benzene rings is 1. The van der Waals surface area contributed by atoms with Crippen LogP contribution in [0.1, 0.15) is 59.5 Å². The normalized spacial score (nSPS) is 20.0. The fourth-order valence-electron chi connectivity index (χ4n) is 5.10. The van der Waals surface area contributed by atoms with Gasteiger partial charge in [0.1, 0.15) is 6.04 Å². The molecule has 39 heavy (non-hydrogen) atoms. The molecule has 2 amide bonds. The van der Waals surface area contributed by atoms with Crippen LogP contribution in [0.2, 0.25) is 5.02 Å². The van der Waals surface area contributed by atoms with Gasteiger partial charge in [-0.3, -0.25) is 14.6 Å². The predicted molar refractivity (Wildman–Crippen MR) is 146 cm³/mol. The lowest BCUT2D eigenvalue weighted by Crippen LogP contribution is -2.46. The number of nitrogens with zero attached hydrogens (tertiary/aromatic N) is 4. The van der Waals surface area contributed by atoms with Crippen LogP contribution in [-0.2, 0) is 11.3 Å².